The lowest BCUT2D eigenvalue weighted by Crippen LogP contribution is -2.64. The van der Waals surface area contributed by atoms with E-state index in [1.54, 1.807) is 0 Å². The molecule has 3 nitrogen and oxygen atoms in total. The van der Waals surface area contributed by atoms with Crippen molar-refractivity contribution < 1.29 is 0 Å². The molecule has 2 N–H and O–H groups in total. The van der Waals surface area contributed by atoms with E-state index < -0.39 is 0 Å². The van der Waals surface area contributed by atoms with E-state index >= 15 is 0 Å². The molecule has 1 fully saturated rings. The summed E-state index contributed by atoms with van der Waals surface area (Å²) in [5.74, 6) is 0. The molecular formula is C14H31N3. The van der Waals surface area contributed by atoms with Crippen LogP contribution in [0.15, 0.2) is 0 Å². The van der Waals surface area contributed by atoms with Crippen LogP contribution in [-0.4, -0.2) is 55.1 Å². The quantitative estimate of drug-likeness (QED) is 0.817. The monoisotopic (exact) mass is 241 g/mol. The summed E-state index contributed by atoms with van der Waals surface area (Å²) in [5.41, 5.74) is 6.58. The first-order valence-corrected chi connectivity index (χ1v) is 6.84. The van der Waals surface area contributed by atoms with Gasteiger partial charge in [-0.05, 0) is 45.8 Å². The van der Waals surface area contributed by atoms with E-state index in [0.717, 1.165) is 13.1 Å². The number of piperidine rings is 1. The van der Waals surface area contributed by atoms with Gasteiger partial charge < -0.3 is 10.6 Å². The third kappa shape index (κ3) is 3.21. The van der Waals surface area contributed by atoms with Gasteiger partial charge in [0.05, 0.1) is 0 Å². The fraction of sp³-hybridized carbons (Fsp3) is 1.00. The number of nitrogens with zero attached hydrogens (tertiary/aromatic N) is 2. The van der Waals surface area contributed by atoms with Crippen molar-refractivity contribution in [1.82, 2.24) is 9.80 Å². The summed E-state index contributed by atoms with van der Waals surface area (Å²) in [6.07, 6.45) is 2.49. The lowest BCUT2D eigenvalue weighted by atomic mass is 9.80. The van der Waals surface area contributed by atoms with Gasteiger partial charge in [0.2, 0.25) is 0 Å². The van der Waals surface area contributed by atoms with Crippen molar-refractivity contribution >= 4 is 0 Å². The van der Waals surface area contributed by atoms with Crippen LogP contribution in [0.25, 0.3) is 0 Å². The molecular weight excluding hydrogens is 210 g/mol. The average molecular weight is 241 g/mol. The maximum atomic E-state index is 6.11. The Kier molecular flexibility index (Phi) is 4.61. The van der Waals surface area contributed by atoms with E-state index in [1.165, 1.54) is 19.4 Å². The first kappa shape index (κ1) is 14.9. The minimum absolute atomic E-state index is 0.166. The molecule has 0 bridgehead atoms. The average Bonchev–Trinajstić information content (AvgIpc) is 2.25. The standard InChI is InChI=1S/C14H31N3/c1-12(13(2,3)4)17(6)14(10-15)8-7-9-16(5)11-14/h12H,7-11,15H2,1-6H3. The van der Waals surface area contributed by atoms with Crippen molar-refractivity contribution in [2.75, 3.05) is 33.7 Å². The molecule has 17 heavy (non-hydrogen) atoms. The van der Waals surface area contributed by atoms with Gasteiger partial charge >= 0.3 is 0 Å². The predicted molar refractivity (Wildman–Crippen MR) is 75.2 cm³/mol. The molecule has 1 rings (SSSR count). The summed E-state index contributed by atoms with van der Waals surface area (Å²) in [4.78, 5) is 4.95. The van der Waals surface area contributed by atoms with E-state index in [2.05, 4.69) is 51.6 Å². The van der Waals surface area contributed by atoms with Gasteiger partial charge in [0.15, 0.2) is 0 Å². The molecule has 0 aliphatic carbocycles. The van der Waals surface area contributed by atoms with Gasteiger partial charge in [0, 0.05) is 24.7 Å². The Labute approximate surface area is 107 Å². The second-order valence-corrected chi connectivity index (χ2v) is 6.92. The molecule has 3 heteroatoms. The molecule has 0 aromatic heterocycles. The second kappa shape index (κ2) is 5.25. The minimum atomic E-state index is 0.166. The van der Waals surface area contributed by atoms with Gasteiger partial charge in [-0.3, -0.25) is 4.90 Å². The fourth-order valence-corrected chi connectivity index (χ4v) is 2.93. The first-order chi connectivity index (χ1) is 7.73. The van der Waals surface area contributed by atoms with E-state index in [9.17, 15) is 0 Å². The van der Waals surface area contributed by atoms with E-state index in [0.29, 0.717) is 11.5 Å². The van der Waals surface area contributed by atoms with Crippen LogP contribution in [0, 0.1) is 5.41 Å². The molecule has 0 aromatic rings. The maximum absolute atomic E-state index is 6.11. The third-order valence-electron chi connectivity index (χ3n) is 4.71. The summed E-state index contributed by atoms with van der Waals surface area (Å²) in [7, 11) is 4.46. The molecule has 0 amide bonds. The zero-order chi connectivity index (χ0) is 13.3. The number of rotatable bonds is 3. The van der Waals surface area contributed by atoms with Crippen molar-refractivity contribution in [3.05, 3.63) is 0 Å². The van der Waals surface area contributed by atoms with Crippen molar-refractivity contribution in [1.29, 1.82) is 0 Å². The molecule has 2 atom stereocenters. The zero-order valence-electron chi connectivity index (χ0n) is 12.6. The molecule has 1 heterocycles. The van der Waals surface area contributed by atoms with Crippen LogP contribution in [0.4, 0.5) is 0 Å². The smallest absolute Gasteiger partial charge is 0.0458 e. The molecule has 0 aromatic carbocycles. The Balaban J connectivity index is 2.85. The molecule has 0 saturated carbocycles. The molecule has 0 radical (unpaired) electrons. The van der Waals surface area contributed by atoms with Gasteiger partial charge in [-0.2, -0.15) is 0 Å². The normalized spacial score (nSPS) is 29.6. The highest BCUT2D eigenvalue weighted by Gasteiger charge is 2.41. The van der Waals surface area contributed by atoms with E-state index in [-0.39, 0.29) is 5.54 Å². The number of hydrogen-bond acceptors (Lipinski definition) is 3. The molecule has 2 unspecified atom stereocenters. The summed E-state index contributed by atoms with van der Waals surface area (Å²) in [6.45, 7) is 12.3. The SMILES string of the molecule is CC(N(C)C1(CN)CCCN(C)C1)C(C)(C)C. The van der Waals surface area contributed by atoms with Gasteiger partial charge in [-0.15, -0.1) is 0 Å². The van der Waals surface area contributed by atoms with E-state index in [4.69, 9.17) is 5.73 Å². The fourth-order valence-electron chi connectivity index (χ4n) is 2.93. The Morgan fingerprint density at radius 3 is 2.41 bits per heavy atom. The van der Waals surface area contributed by atoms with E-state index in [1.807, 2.05) is 0 Å². The van der Waals surface area contributed by atoms with Crippen LogP contribution in [0.5, 0.6) is 0 Å². The number of nitrogens with two attached hydrogens (primary N) is 1. The van der Waals surface area contributed by atoms with Crippen molar-refractivity contribution in [2.45, 2.75) is 52.1 Å². The van der Waals surface area contributed by atoms with Crippen LogP contribution in [0.2, 0.25) is 0 Å². The summed E-state index contributed by atoms with van der Waals surface area (Å²) < 4.78 is 0. The number of hydrogen-bond donors (Lipinski definition) is 1. The highest BCUT2D eigenvalue weighted by atomic mass is 15.3. The van der Waals surface area contributed by atoms with Gasteiger partial charge in [0.1, 0.15) is 0 Å². The van der Waals surface area contributed by atoms with Gasteiger partial charge in [-0.25, -0.2) is 0 Å². The Hall–Kier alpha value is -0.120. The zero-order valence-corrected chi connectivity index (χ0v) is 12.6. The number of likely N-dealkylation sites (tertiary alicyclic amines) is 1. The van der Waals surface area contributed by atoms with Crippen LogP contribution >= 0.6 is 0 Å². The second-order valence-electron chi connectivity index (χ2n) is 6.92. The maximum Gasteiger partial charge on any atom is 0.0458 e. The molecule has 1 aliphatic heterocycles. The largest absolute Gasteiger partial charge is 0.329 e. The molecule has 1 aliphatic rings. The lowest BCUT2D eigenvalue weighted by Gasteiger charge is -2.52. The van der Waals surface area contributed by atoms with Crippen LogP contribution < -0.4 is 5.73 Å². The Morgan fingerprint density at radius 1 is 1.41 bits per heavy atom. The third-order valence-corrected chi connectivity index (χ3v) is 4.71. The van der Waals surface area contributed by atoms with Crippen LogP contribution in [0.1, 0.15) is 40.5 Å². The highest BCUT2D eigenvalue weighted by molar-refractivity contribution is 4.99. The lowest BCUT2D eigenvalue weighted by molar-refractivity contribution is -0.0120. The predicted octanol–water partition coefficient (Wildman–Crippen LogP) is 1.78. The minimum Gasteiger partial charge on any atom is -0.329 e. The van der Waals surface area contributed by atoms with Crippen molar-refractivity contribution in [2.24, 2.45) is 11.1 Å². The number of likely N-dealkylation sites (N-methyl/N-ethyl adjacent to an activating group) is 2. The van der Waals surface area contributed by atoms with Gasteiger partial charge in [0.25, 0.3) is 0 Å². The van der Waals surface area contributed by atoms with Crippen LogP contribution in [0.3, 0.4) is 0 Å². The molecule has 102 valence electrons. The summed E-state index contributed by atoms with van der Waals surface area (Å²) >= 11 is 0. The summed E-state index contributed by atoms with van der Waals surface area (Å²) in [5, 5.41) is 0. The molecule has 0 spiro atoms. The van der Waals surface area contributed by atoms with Crippen LogP contribution in [-0.2, 0) is 0 Å². The van der Waals surface area contributed by atoms with Gasteiger partial charge in [-0.1, -0.05) is 20.8 Å². The summed E-state index contributed by atoms with van der Waals surface area (Å²) in [6, 6.07) is 0.539. The Morgan fingerprint density at radius 2 is 2.00 bits per heavy atom. The molecule has 1 saturated heterocycles. The van der Waals surface area contributed by atoms with Crippen molar-refractivity contribution in [3.8, 4) is 0 Å². The highest BCUT2D eigenvalue weighted by Crippen LogP contribution is 2.32. The topological polar surface area (TPSA) is 32.5 Å². The van der Waals surface area contributed by atoms with Crippen molar-refractivity contribution in [3.63, 3.8) is 0 Å². The Bertz CT molecular complexity index is 246. The first-order valence-electron chi connectivity index (χ1n) is 6.84.